The lowest BCUT2D eigenvalue weighted by Crippen LogP contribution is -2.25. The molecule has 0 unspecified atom stereocenters. The van der Waals surface area contributed by atoms with Crippen LogP contribution >= 0.6 is 0 Å². The second-order valence-electron chi connectivity index (χ2n) is 5.18. The summed E-state index contributed by atoms with van der Waals surface area (Å²) in [6.45, 7) is 13.0. The third kappa shape index (κ3) is 2.07. The van der Waals surface area contributed by atoms with Crippen LogP contribution in [0.4, 0.5) is 0 Å². The number of rotatable bonds is 2. The summed E-state index contributed by atoms with van der Waals surface area (Å²) in [5.41, 5.74) is 6.42. The third-order valence-electron chi connectivity index (χ3n) is 3.44. The van der Waals surface area contributed by atoms with Gasteiger partial charge in [-0.3, -0.25) is 0 Å². The molecule has 1 aromatic carbocycles. The lowest BCUT2D eigenvalue weighted by Gasteiger charge is -2.28. The zero-order valence-corrected chi connectivity index (χ0v) is 10.7. The molecular formula is C14H22O. The van der Waals surface area contributed by atoms with Crippen LogP contribution in [-0.2, 0) is 5.41 Å². The molecule has 1 heteroatoms. The first-order chi connectivity index (χ1) is 6.81. The van der Waals surface area contributed by atoms with Gasteiger partial charge in [0.2, 0.25) is 0 Å². The molecule has 1 aromatic rings. The van der Waals surface area contributed by atoms with Crippen molar-refractivity contribution >= 4 is 0 Å². The summed E-state index contributed by atoms with van der Waals surface area (Å²) < 4.78 is 0. The lowest BCUT2D eigenvalue weighted by atomic mass is 9.77. The molecule has 0 atom stereocenters. The molecule has 0 radical (unpaired) electrons. The quantitative estimate of drug-likeness (QED) is 0.788. The van der Waals surface area contributed by atoms with E-state index in [0.717, 1.165) is 0 Å². The third-order valence-corrected chi connectivity index (χ3v) is 3.44. The Bertz CT molecular complexity index is 349. The topological polar surface area (TPSA) is 20.2 Å². The van der Waals surface area contributed by atoms with Gasteiger partial charge >= 0.3 is 0 Å². The number of aliphatic hydroxyl groups is 1. The summed E-state index contributed by atoms with van der Waals surface area (Å²) in [5.74, 6) is 0. The molecule has 0 aromatic heterocycles. The zero-order valence-electron chi connectivity index (χ0n) is 10.7. The standard InChI is InChI=1S/C14H22O/c1-9-7-10(2)12(4)13(11(9)3)14(5,6)8-15/h7,15H,8H2,1-6H3. The second-order valence-corrected chi connectivity index (χ2v) is 5.18. The smallest absolute Gasteiger partial charge is 0.0522 e. The Hall–Kier alpha value is -0.820. The Morgan fingerprint density at radius 1 is 1.00 bits per heavy atom. The van der Waals surface area contributed by atoms with Crippen molar-refractivity contribution in [2.45, 2.75) is 47.0 Å². The maximum Gasteiger partial charge on any atom is 0.0522 e. The Morgan fingerprint density at radius 2 is 1.40 bits per heavy atom. The van der Waals surface area contributed by atoms with Gasteiger partial charge < -0.3 is 5.11 Å². The van der Waals surface area contributed by atoms with E-state index >= 15 is 0 Å². The first kappa shape index (κ1) is 12.3. The van der Waals surface area contributed by atoms with E-state index in [1.807, 2.05) is 0 Å². The van der Waals surface area contributed by atoms with Crippen LogP contribution < -0.4 is 0 Å². The fourth-order valence-corrected chi connectivity index (χ4v) is 2.31. The summed E-state index contributed by atoms with van der Waals surface area (Å²) in [4.78, 5) is 0. The molecule has 0 aliphatic rings. The van der Waals surface area contributed by atoms with E-state index in [9.17, 15) is 5.11 Å². The van der Waals surface area contributed by atoms with Crippen molar-refractivity contribution in [3.8, 4) is 0 Å². The van der Waals surface area contributed by atoms with E-state index in [1.165, 1.54) is 27.8 Å². The highest BCUT2D eigenvalue weighted by Gasteiger charge is 2.24. The van der Waals surface area contributed by atoms with Crippen molar-refractivity contribution in [2.75, 3.05) is 6.61 Å². The molecule has 1 nitrogen and oxygen atoms in total. The van der Waals surface area contributed by atoms with E-state index < -0.39 is 0 Å². The number of hydrogen-bond donors (Lipinski definition) is 1. The maximum absolute atomic E-state index is 9.48. The van der Waals surface area contributed by atoms with E-state index in [2.05, 4.69) is 47.6 Å². The minimum absolute atomic E-state index is 0.148. The van der Waals surface area contributed by atoms with E-state index in [-0.39, 0.29) is 12.0 Å². The predicted octanol–water partition coefficient (Wildman–Crippen LogP) is 3.19. The predicted molar refractivity (Wildman–Crippen MR) is 65.5 cm³/mol. The SMILES string of the molecule is Cc1cc(C)c(C)c(C(C)(C)CO)c1C. The Balaban J connectivity index is 3.53. The van der Waals surface area contributed by atoms with Crippen LogP contribution in [0.3, 0.4) is 0 Å². The number of aliphatic hydroxyl groups excluding tert-OH is 1. The largest absolute Gasteiger partial charge is 0.395 e. The summed E-state index contributed by atoms with van der Waals surface area (Å²) in [5, 5.41) is 9.48. The van der Waals surface area contributed by atoms with Crippen LogP contribution in [-0.4, -0.2) is 11.7 Å². The van der Waals surface area contributed by atoms with Gasteiger partial charge in [0.25, 0.3) is 0 Å². The molecule has 1 rings (SSSR count). The molecule has 0 bridgehead atoms. The van der Waals surface area contributed by atoms with Crippen molar-refractivity contribution in [3.05, 3.63) is 33.9 Å². The average molecular weight is 206 g/mol. The monoisotopic (exact) mass is 206 g/mol. The summed E-state index contributed by atoms with van der Waals surface area (Å²) >= 11 is 0. The van der Waals surface area contributed by atoms with E-state index in [1.54, 1.807) is 0 Å². The number of aryl methyl sites for hydroxylation is 2. The van der Waals surface area contributed by atoms with Gasteiger partial charge in [0, 0.05) is 5.41 Å². The van der Waals surface area contributed by atoms with Crippen LogP contribution in [0, 0.1) is 27.7 Å². The molecule has 1 N–H and O–H groups in total. The van der Waals surface area contributed by atoms with Crippen LogP contribution in [0.25, 0.3) is 0 Å². The molecule has 0 spiro atoms. The first-order valence-corrected chi connectivity index (χ1v) is 5.50. The van der Waals surface area contributed by atoms with Gasteiger partial charge in [-0.1, -0.05) is 19.9 Å². The van der Waals surface area contributed by atoms with Gasteiger partial charge in [-0.05, 0) is 55.5 Å². The Morgan fingerprint density at radius 3 is 1.73 bits per heavy atom. The molecule has 0 aliphatic carbocycles. The lowest BCUT2D eigenvalue weighted by molar-refractivity contribution is 0.217. The fourth-order valence-electron chi connectivity index (χ4n) is 2.31. The molecule has 15 heavy (non-hydrogen) atoms. The van der Waals surface area contributed by atoms with Gasteiger partial charge in [0.15, 0.2) is 0 Å². The number of hydrogen-bond acceptors (Lipinski definition) is 1. The maximum atomic E-state index is 9.48. The van der Waals surface area contributed by atoms with Gasteiger partial charge in [-0.25, -0.2) is 0 Å². The minimum atomic E-state index is -0.148. The van der Waals surface area contributed by atoms with Gasteiger partial charge in [-0.15, -0.1) is 0 Å². The molecule has 0 saturated heterocycles. The van der Waals surface area contributed by atoms with Gasteiger partial charge in [0.05, 0.1) is 6.61 Å². The Labute approximate surface area is 93.1 Å². The Kier molecular flexibility index (Phi) is 3.25. The van der Waals surface area contributed by atoms with Crippen LogP contribution in [0.2, 0.25) is 0 Å². The minimum Gasteiger partial charge on any atom is -0.395 e. The molecule has 0 heterocycles. The zero-order chi connectivity index (χ0) is 11.8. The second kappa shape index (κ2) is 3.97. The highest BCUT2D eigenvalue weighted by Crippen LogP contribution is 2.32. The van der Waals surface area contributed by atoms with Crippen LogP contribution in [0.15, 0.2) is 6.07 Å². The molecule has 0 saturated carbocycles. The molecular weight excluding hydrogens is 184 g/mol. The first-order valence-electron chi connectivity index (χ1n) is 5.50. The highest BCUT2D eigenvalue weighted by molar-refractivity contribution is 5.47. The molecule has 0 amide bonds. The highest BCUT2D eigenvalue weighted by atomic mass is 16.3. The van der Waals surface area contributed by atoms with Crippen molar-refractivity contribution in [1.82, 2.24) is 0 Å². The average Bonchev–Trinajstić information content (AvgIpc) is 2.15. The van der Waals surface area contributed by atoms with Crippen LogP contribution in [0.1, 0.15) is 41.7 Å². The molecule has 84 valence electrons. The summed E-state index contributed by atoms with van der Waals surface area (Å²) in [6.07, 6.45) is 0. The fraction of sp³-hybridized carbons (Fsp3) is 0.571. The molecule has 0 fully saturated rings. The van der Waals surface area contributed by atoms with Gasteiger partial charge in [0.1, 0.15) is 0 Å². The van der Waals surface area contributed by atoms with Crippen molar-refractivity contribution < 1.29 is 5.11 Å². The molecule has 0 aliphatic heterocycles. The van der Waals surface area contributed by atoms with E-state index in [0.29, 0.717) is 0 Å². The summed E-state index contributed by atoms with van der Waals surface area (Å²) in [7, 11) is 0. The van der Waals surface area contributed by atoms with Crippen LogP contribution in [0.5, 0.6) is 0 Å². The normalized spacial score (nSPS) is 11.9. The van der Waals surface area contributed by atoms with Crippen molar-refractivity contribution in [3.63, 3.8) is 0 Å². The summed E-state index contributed by atoms with van der Waals surface area (Å²) in [6, 6.07) is 2.22. The van der Waals surface area contributed by atoms with Crippen molar-refractivity contribution in [2.24, 2.45) is 0 Å². The number of benzene rings is 1. The van der Waals surface area contributed by atoms with Gasteiger partial charge in [-0.2, -0.15) is 0 Å². The van der Waals surface area contributed by atoms with Crippen molar-refractivity contribution in [1.29, 1.82) is 0 Å². The van der Waals surface area contributed by atoms with E-state index in [4.69, 9.17) is 0 Å².